The van der Waals surface area contributed by atoms with Crippen LogP contribution in [0.5, 0.6) is 0 Å². The average molecular weight is 520 g/mol. The molecule has 3 rings (SSSR count). The second kappa shape index (κ2) is 12.3. The van der Waals surface area contributed by atoms with Crippen molar-refractivity contribution in [2.75, 3.05) is 37.8 Å². The number of amides is 1. The van der Waals surface area contributed by atoms with Gasteiger partial charge in [-0.2, -0.15) is 0 Å². The van der Waals surface area contributed by atoms with Crippen LogP contribution >= 0.6 is 0 Å². The Morgan fingerprint density at radius 3 is 2.66 bits per heavy atom. The fourth-order valence-electron chi connectivity index (χ4n) is 3.43. The van der Waals surface area contributed by atoms with Crippen LogP contribution in [0.1, 0.15) is 48.9 Å². The number of aromatic nitrogens is 1. The Morgan fingerprint density at radius 2 is 2.00 bits per heavy atom. The highest BCUT2D eigenvalue weighted by molar-refractivity contribution is 6.41. The highest BCUT2D eigenvalue weighted by atomic mass is 16.5. The lowest BCUT2D eigenvalue weighted by molar-refractivity contribution is 0.102. The Labute approximate surface area is 223 Å². The number of benzene rings is 1. The summed E-state index contributed by atoms with van der Waals surface area (Å²) in [5, 5.41) is 13.1. The van der Waals surface area contributed by atoms with E-state index in [0.29, 0.717) is 46.7 Å². The number of hydrogen-bond acceptors (Lipinski definition) is 10. The maximum absolute atomic E-state index is 12.9. The van der Waals surface area contributed by atoms with Crippen LogP contribution in [0.3, 0.4) is 0 Å². The first-order valence-electron chi connectivity index (χ1n) is 12.3. The zero-order valence-electron chi connectivity index (χ0n) is 22.9. The molecule has 38 heavy (non-hydrogen) atoms. The number of aryl methyl sites for hydroxylation is 1. The molecule has 0 atom stereocenters. The van der Waals surface area contributed by atoms with Crippen LogP contribution < -0.4 is 21.7 Å². The molecule has 0 spiro atoms. The summed E-state index contributed by atoms with van der Waals surface area (Å²) >= 11 is 0. The van der Waals surface area contributed by atoms with Gasteiger partial charge in [0.2, 0.25) is 5.96 Å². The summed E-state index contributed by atoms with van der Waals surface area (Å²) < 4.78 is 5.36. The summed E-state index contributed by atoms with van der Waals surface area (Å²) in [5.74, 6) is 1.41. The van der Waals surface area contributed by atoms with Crippen LogP contribution in [0.4, 0.5) is 11.5 Å². The van der Waals surface area contributed by atoms with Crippen LogP contribution in [0.2, 0.25) is 0 Å². The zero-order valence-corrected chi connectivity index (χ0v) is 22.9. The number of nitrogens with one attached hydrogen (secondary N) is 3. The maximum Gasteiger partial charge on any atom is 0.256 e. The minimum absolute atomic E-state index is 0.219. The third kappa shape index (κ3) is 7.62. The van der Waals surface area contributed by atoms with E-state index in [0.717, 1.165) is 18.5 Å². The molecule has 202 valence electrons. The molecule has 1 aromatic heterocycles. The van der Waals surface area contributed by atoms with Gasteiger partial charge in [-0.15, -0.1) is 0 Å². The highest BCUT2D eigenvalue weighted by Gasteiger charge is 2.21. The second-order valence-electron chi connectivity index (χ2n) is 10.2. The number of guanidine groups is 1. The lowest BCUT2D eigenvalue weighted by Crippen LogP contribution is -2.30. The van der Waals surface area contributed by atoms with Crippen molar-refractivity contribution in [2.45, 2.75) is 39.5 Å². The average Bonchev–Trinajstić information content (AvgIpc) is 3.33. The SMILES string of the molecule is C=C/N=C1/C=NC(NCCCN(C)C)=N/C1=C(/N)Nc1cc(C(=O)Nc2cc(C(C)(C)C)on2)ccc1C. The van der Waals surface area contributed by atoms with Crippen molar-refractivity contribution in [1.29, 1.82) is 0 Å². The van der Waals surface area contributed by atoms with E-state index < -0.39 is 0 Å². The number of hydrogen-bond donors (Lipinski definition) is 4. The third-order valence-corrected chi connectivity index (χ3v) is 5.58. The van der Waals surface area contributed by atoms with E-state index in [1.165, 1.54) is 6.20 Å². The number of nitrogens with zero attached hydrogens (tertiary/aromatic N) is 5. The molecule has 11 heteroatoms. The number of allylic oxidation sites excluding steroid dienone is 1. The van der Waals surface area contributed by atoms with Gasteiger partial charge in [0, 0.05) is 35.5 Å². The molecule has 5 N–H and O–H groups in total. The summed E-state index contributed by atoms with van der Waals surface area (Å²) in [4.78, 5) is 28.2. The summed E-state index contributed by atoms with van der Waals surface area (Å²) in [7, 11) is 4.05. The summed E-state index contributed by atoms with van der Waals surface area (Å²) in [6, 6.07) is 7.01. The Bertz CT molecular complexity index is 1290. The van der Waals surface area contributed by atoms with Crippen LogP contribution in [0, 0.1) is 6.92 Å². The Kier molecular flexibility index (Phi) is 9.19. The molecule has 11 nitrogen and oxygen atoms in total. The van der Waals surface area contributed by atoms with Crippen molar-refractivity contribution in [3.63, 3.8) is 0 Å². The fourth-order valence-corrected chi connectivity index (χ4v) is 3.43. The second-order valence-corrected chi connectivity index (χ2v) is 10.2. The van der Waals surface area contributed by atoms with Crippen molar-refractivity contribution in [1.82, 2.24) is 15.4 Å². The molecule has 1 aliphatic rings. The van der Waals surface area contributed by atoms with Crippen LogP contribution in [-0.4, -0.2) is 61.0 Å². The van der Waals surface area contributed by atoms with Gasteiger partial charge in [-0.25, -0.2) is 9.98 Å². The quantitative estimate of drug-likeness (QED) is 0.370. The minimum Gasteiger partial charge on any atom is -0.383 e. The molecule has 2 heterocycles. The normalized spacial score (nSPS) is 15.9. The number of aliphatic imine (C=N–C) groups is 3. The van der Waals surface area contributed by atoms with E-state index in [9.17, 15) is 4.79 Å². The van der Waals surface area contributed by atoms with Crippen LogP contribution in [0.25, 0.3) is 0 Å². The number of nitrogens with two attached hydrogens (primary N) is 1. The molecular weight excluding hydrogens is 482 g/mol. The van der Waals surface area contributed by atoms with E-state index in [1.807, 2.05) is 47.9 Å². The molecule has 0 bridgehead atoms. The molecule has 2 aromatic rings. The first-order valence-corrected chi connectivity index (χ1v) is 12.3. The van der Waals surface area contributed by atoms with Gasteiger partial charge >= 0.3 is 0 Å². The van der Waals surface area contributed by atoms with Crippen LogP contribution in [0.15, 0.2) is 68.1 Å². The lowest BCUT2D eigenvalue weighted by atomic mass is 9.93. The van der Waals surface area contributed by atoms with Crippen molar-refractivity contribution < 1.29 is 9.32 Å². The largest absolute Gasteiger partial charge is 0.383 e. The summed E-state index contributed by atoms with van der Waals surface area (Å²) in [6.07, 6.45) is 3.93. The van der Waals surface area contributed by atoms with E-state index in [2.05, 4.69) is 47.6 Å². The first kappa shape index (κ1) is 28.3. The molecule has 0 saturated carbocycles. The lowest BCUT2D eigenvalue weighted by Gasteiger charge is -2.17. The van der Waals surface area contributed by atoms with E-state index in [1.54, 1.807) is 24.4 Å². The Hall–Kier alpha value is -4.25. The van der Waals surface area contributed by atoms with Crippen LogP contribution in [-0.2, 0) is 5.41 Å². The van der Waals surface area contributed by atoms with Gasteiger partial charge < -0.3 is 31.1 Å². The van der Waals surface area contributed by atoms with Crippen molar-refractivity contribution in [2.24, 2.45) is 20.7 Å². The molecule has 0 aliphatic carbocycles. The predicted octanol–water partition coefficient (Wildman–Crippen LogP) is 3.64. The number of anilines is 2. The van der Waals surface area contributed by atoms with E-state index in [4.69, 9.17) is 10.3 Å². The third-order valence-electron chi connectivity index (χ3n) is 5.58. The summed E-state index contributed by atoms with van der Waals surface area (Å²) in [6.45, 7) is 13.3. The molecule has 1 aromatic carbocycles. The molecule has 0 saturated heterocycles. The summed E-state index contributed by atoms with van der Waals surface area (Å²) in [5.41, 5.74) is 9.08. The van der Waals surface area contributed by atoms with Crippen molar-refractivity contribution in [3.8, 4) is 0 Å². The maximum atomic E-state index is 12.9. The number of rotatable bonds is 9. The molecule has 0 unspecified atom stereocenters. The van der Waals surface area contributed by atoms with Gasteiger partial charge in [-0.1, -0.05) is 38.6 Å². The number of carbonyl (C=O) groups is 1. The monoisotopic (exact) mass is 519 g/mol. The molecular formula is C27H37N9O2. The van der Waals surface area contributed by atoms with Gasteiger partial charge in [0.05, 0.1) is 6.21 Å². The van der Waals surface area contributed by atoms with Gasteiger partial charge in [-0.3, -0.25) is 9.79 Å². The van der Waals surface area contributed by atoms with Crippen molar-refractivity contribution in [3.05, 3.63) is 65.4 Å². The Balaban J connectivity index is 1.80. The fraction of sp³-hybridized carbons (Fsp3) is 0.370. The first-order chi connectivity index (χ1) is 18.0. The molecule has 0 fully saturated rings. The highest BCUT2D eigenvalue weighted by Crippen LogP contribution is 2.25. The topological polar surface area (TPSA) is 146 Å². The zero-order chi connectivity index (χ0) is 27.9. The smallest absolute Gasteiger partial charge is 0.256 e. The van der Waals surface area contributed by atoms with E-state index in [-0.39, 0.29) is 17.1 Å². The van der Waals surface area contributed by atoms with E-state index >= 15 is 0 Å². The molecule has 0 radical (unpaired) electrons. The van der Waals surface area contributed by atoms with Gasteiger partial charge in [0.15, 0.2) is 5.82 Å². The number of carbonyl (C=O) groups excluding carboxylic acids is 1. The van der Waals surface area contributed by atoms with Gasteiger partial charge in [0.1, 0.15) is 23.0 Å². The Morgan fingerprint density at radius 1 is 1.24 bits per heavy atom. The van der Waals surface area contributed by atoms with Gasteiger partial charge in [-0.05, 0) is 51.7 Å². The molecule has 1 amide bonds. The molecule has 1 aliphatic heterocycles. The minimum atomic E-state index is -0.325. The van der Waals surface area contributed by atoms with Gasteiger partial charge in [0.25, 0.3) is 5.91 Å². The van der Waals surface area contributed by atoms with Crippen molar-refractivity contribution >= 4 is 35.3 Å². The predicted molar refractivity (Wildman–Crippen MR) is 154 cm³/mol. The standard InChI is InChI=1S/C27H37N9O2/c1-8-29-20-16-31-26(30-12-9-13-36(6)7)34-23(20)24(28)32-19-14-18(11-10-17(19)2)25(37)33-22-15-21(38-35-22)27(3,4)5/h8,10-11,14-16,32H,1,9,12-13,28H2,2-7H3,(H,30,34)(H,33,35,37)/b24-23-,29-20-.